The van der Waals surface area contributed by atoms with Gasteiger partial charge in [-0.05, 0) is 70.6 Å². The van der Waals surface area contributed by atoms with Crippen molar-refractivity contribution in [2.75, 3.05) is 4.90 Å². The van der Waals surface area contributed by atoms with Crippen LogP contribution in [-0.2, 0) is 19.2 Å². The van der Waals surface area contributed by atoms with Gasteiger partial charge < -0.3 is 10.2 Å². The molecule has 4 aliphatic rings. The molecule has 0 unspecified atom stereocenters. The van der Waals surface area contributed by atoms with Gasteiger partial charge in [-0.3, -0.25) is 24.1 Å². The van der Waals surface area contributed by atoms with Gasteiger partial charge in [0.2, 0.25) is 11.8 Å². The molecule has 0 spiro atoms. The lowest BCUT2D eigenvalue weighted by atomic mass is 9.59. The molecular formula is C29H20BrNO7. The number of halogens is 1. The molecule has 6 rings (SSSR count). The normalized spacial score (nSPS) is 26.5. The number of hydrogen-bond donors (Lipinski definition) is 2. The van der Waals surface area contributed by atoms with Crippen molar-refractivity contribution in [1.82, 2.24) is 0 Å². The summed E-state index contributed by atoms with van der Waals surface area (Å²) >= 11 is 3.19. The van der Waals surface area contributed by atoms with Crippen LogP contribution in [0.15, 0.2) is 81.9 Å². The van der Waals surface area contributed by atoms with Crippen molar-refractivity contribution in [2.45, 2.75) is 18.8 Å². The number of phenolic OH excluding ortho intramolecular Hbond substituents is 1. The highest BCUT2D eigenvalue weighted by molar-refractivity contribution is 9.12. The number of benzene rings is 2. The van der Waals surface area contributed by atoms with Gasteiger partial charge >= 0.3 is 5.97 Å². The SMILES string of the molecule is O=C1C=C(Br)C(=O)C2=C1[C@@H](c1cccc(O)c1)C1=CC[C@@H]3C(=O)N(c4cccc(C(=O)O)c4)C(=O)[C@@H]3[C@@H]1C2. The van der Waals surface area contributed by atoms with Crippen LogP contribution >= 0.6 is 15.9 Å². The second kappa shape index (κ2) is 8.73. The average Bonchev–Trinajstić information content (AvgIpc) is 3.15. The Bertz CT molecular complexity index is 1580. The van der Waals surface area contributed by atoms with E-state index in [1.807, 2.05) is 6.08 Å². The van der Waals surface area contributed by atoms with Crippen LogP contribution in [0, 0.1) is 17.8 Å². The predicted molar refractivity (Wildman–Crippen MR) is 139 cm³/mol. The van der Waals surface area contributed by atoms with Gasteiger partial charge in [-0.15, -0.1) is 0 Å². The van der Waals surface area contributed by atoms with Crippen LogP contribution < -0.4 is 4.90 Å². The topological polar surface area (TPSA) is 129 Å². The lowest BCUT2D eigenvalue weighted by molar-refractivity contribution is -0.123. The van der Waals surface area contributed by atoms with Crippen LogP contribution in [0.4, 0.5) is 5.69 Å². The molecule has 4 atom stereocenters. The van der Waals surface area contributed by atoms with E-state index in [0.29, 0.717) is 16.7 Å². The Balaban J connectivity index is 1.47. The zero-order valence-electron chi connectivity index (χ0n) is 19.8. The first kappa shape index (κ1) is 24.2. The van der Waals surface area contributed by atoms with Crippen molar-refractivity contribution >= 4 is 51.0 Å². The minimum absolute atomic E-state index is 0.00368. The van der Waals surface area contributed by atoms with Gasteiger partial charge in [0.25, 0.3) is 0 Å². The molecule has 2 N–H and O–H groups in total. The number of carboxylic acid groups (broad SMARTS) is 1. The fraction of sp³-hybridized carbons (Fsp3) is 0.207. The molecule has 0 aromatic heterocycles. The van der Waals surface area contributed by atoms with Gasteiger partial charge in [0, 0.05) is 23.1 Å². The Hall–Kier alpha value is -4.11. The van der Waals surface area contributed by atoms with Gasteiger partial charge in [-0.25, -0.2) is 4.79 Å². The number of phenols is 1. The highest BCUT2D eigenvalue weighted by Crippen LogP contribution is 2.55. The van der Waals surface area contributed by atoms with E-state index < -0.39 is 41.5 Å². The summed E-state index contributed by atoms with van der Waals surface area (Å²) in [5.41, 5.74) is 2.15. The molecule has 0 radical (unpaired) electrons. The Morgan fingerprint density at radius 1 is 0.974 bits per heavy atom. The average molecular weight is 574 g/mol. The fourth-order valence-corrected chi connectivity index (χ4v) is 6.77. The Labute approximate surface area is 225 Å². The minimum Gasteiger partial charge on any atom is -0.508 e. The molecule has 3 aliphatic carbocycles. The summed E-state index contributed by atoms with van der Waals surface area (Å²) in [7, 11) is 0. The largest absolute Gasteiger partial charge is 0.508 e. The lowest BCUT2D eigenvalue weighted by Crippen LogP contribution is -2.39. The number of Topliss-reactive ketones (excluding diaryl/α,β-unsaturated/α-hetero) is 1. The number of aromatic carboxylic acids is 1. The predicted octanol–water partition coefficient (Wildman–Crippen LogP) is 4.06. The molecule has 1 aliphatic heterocycles. The van der Waals surface area contributed by atoms with E-state index >= 15 is 0 Å². The second-order valence-corrected chi connectivity index (χ2v) is 10.7. The third-order valence-electron chi connectivity index (χ3n) is 7.89. The van der Waals surface area contributed by atoms with Crippen molar-refractivity contribution in [1.29, 1.82) is 0 Å². The third kappa shape index (κ3) is 3.53. The Morgan fingerprint density at radius 2 is 1.74 bits per heavy atom. The van der Waals surface area contributed by atoms with E-state index in [4.69, 9.17) is 0 Å². The maximum absolute atomic E-state index is 13.9. The Morgan fingerprint density at radius 3 is 2.47 bits per heavy atom. The molecule has 9 heteroatoms. The first-order valence-electron chi connectivity index (χ1n) is 12.1. The first-order valence-corrected chi connectivity index (χ1v) is 12.9. The summed E-state index contributed by atoms with van der Waals surface area (Å²) in [5, 5.41) is 19.6. The number of rotatable bonds is 3. The van der Waals surface area contributed by atoms with E-state index in [0.717, 1.165) is 10.5 Å². The van der Waals surface area contributed by atoms with Crippen molar-refractivity contribution < 1.29 is 34.2 Å². The molecule has 0 saturated carbocycles. The van der Waals surface area contributed by atoms with E-state index in [9.17, 15) is 34.2 Å². The number of allylic oxidation sites excluding steroid dienone is 6. The molecular weight excluding hydrogens is 554 g/mol. The Kier molecular flexibility index (Phi) is 5.57. The molecule has 0 bridgehead atoms. The number of hydrogen-bond acceptors (Lipinski definition) is 6. The molecule has 2 amide bonds. The second-order valence-electron chi connectivity index (χ2n) is 9.86. The monoisotopic (exact) mass is 573 g/mol. The summed E-state index contributed by atoms with van der Waals surface area (Å²) in [6.45, 7) is 0. The lowest BCUT2D eigenvalue weighted by Gasteiger charge is -2.42. The van der Waals surface area contributed by atoms with Crippen molar-refractivity contribution in [3.63, 3.8) is 0 Å². The third-order valence-corrected chi connectivity index (χ3v) is 8.48. The number of amides is 2. The zero-order chi connectivity index (χ0) is 26.9. The van der Waals surface area contributed by atoms with E-state index in [1.165, 1.54) is 36.4 Å². The number of carbonyl (C=O) groups is 5. The number of carbonyl (C=O) groups excluding carboxylic acids is 4. The van der Waals surface area contributed by atoms with Crippen LogP contribution in [0.1, 0.15) is 34.7 Å². The minimum atomic E-state index is -1.17. The van der Waals surface area contributed by atoms with Crippen LogP contribution in [-0.4, -0.2) is 39.6 Å². The van der Waals surface area contributed by atoms with Gasteiger partial charge in [0.05, 0.1) is 27.6 Å². The highest BCUT2D eigenvalue weighted by atomic mass is 79.9. The smallest absolute Gasteiger partial charge is 0.335 e. The number of aromatic hydroxyl groups is 1. The van der Waals surface area contributed by atoms with Crippen LogP contribution in [0.3, 0.4) is 0 Å². The summed E-state index contributed by atoms with van der Waals surface area (Å²) in [6, 6.07) is 12.2. The molecule has 1 heterocycles. The molecule has 8 nitrogen and oxygen atoms in total. The standard InChI is InChI=1S/C29H20BrNO7/c30-21-12-22(33)25-20(26(21)34)11-19-17(23(25)13-3-2-6-16(32)10-13)7-8-18-24(19)28(36)31(27(18)35)15-5-1-4-14(9-15)29(37)38/h1-7,9-10,12,18-19,23-24,32H,8,11H2,(H,37,38)/t18-,19+,23-,24-/m0/s1. The number of anilines is 1. The number of fused-ring (bicyclic) bond motifs is 3. The molecule has 2 aromatic rings. The molecule has 190 valence electrons. The van der Waals surface area contributed by atoms with E-state index in [1.54, 1.807) is 18.2 Å². The molecule has 2 aromatic carbocycles. The van der Waals surface area contributed by atoms with Gasteiger partial charge in [-0.1, -0.05) is 29.8 Å². The van der Waals surface area contributed by atoms with Crippen molar-refractivity contribution in [2.24, 2.45) is 17.8 Å². The first-order chi connectivity index (χ1) is 18.2. The van der Waals surface area contributed by atoms with Crippen LogP contribution in [0.25, 0.3) is 0 Å². The fourth-order valence-electron chi connectivity index (χ4n) is 6.32. The maximum atomic E-state index is 13.9. The van der Waals surface area contributed by atoms with Crippen LogP contribution in [0.2, 0.25) is 0 Å². The quantitative estimate of drug-likeness (QED) is 0.322. The summed E-state index contributed by atoms with van der Waals surface area (Å²) in [6.07, 6.45) is 3.52. The van der Waals surface area contributed by atoms with Crippen LogP contribution in [0.5, 0.6) is 5.75 Å². The summed E-state index contributed by atoms with van der Waals surface area (Å²) < 4.78 is 0.136. The molecule has 38 heavy (non-hydrogen) atoms. The number of imide groups is 1. The van der Waals surface area contributed by atoms with E-state index in [2.05, 4.69) is 15.9 Å². The van der Waals surface area contributed by atoms with Gasteiger partial charge in [0.1, 0.15) is 5.75 Å². The summed E-state index contributed by atoms with van der Waals surface area (Å²) in [4.78, 5) is 66.4. The number of carboxylic acids is 1. The number of ketones is 2. The van der Waals surface area contributed by atoms with Crippen molar-refractivity contribution in [3.8, 4) is 5.75 Å². The van der Waals surface area contributed by atoms with Gasteiger partial charge in [-0.2, -0.15) is 0 Å². The molecule has 1 fully saturated rings. The zero-order valence-corrected chi connectivity index (χ0v) is 21.3. The van der Waals surface area contributed by atoms with Gasteiger partial charge in [0.15, 0.2) is 11.6 Å². The highest BCUT2D eigenvalue weighted by Gasteiger charge is 2.56. The molecule has 1 saturated heterocycles. The maximum Gasteiger partial charge on any atom is 0.335 e. The van der Waals surface area contributed by atoms with Crippen molar-refractivity contribution in [3.05, 3.63) is 93.0 Å². The van der Waals surface area contributed by atoms with E-state index in [-0.39, 0.29) is 45.9 Å². The summed E-state index contributed by atoms with van der Waals surface area (Å²) in [5.74, 6) is -5.34. The number of nitrogens with zero attached hydrogens (tertiary/aromatic N) is 1.